The molecular formula is C9H16F2O. The summed E-state index contributed by atoms with van der Waals surface area (Å²) in [6, 6.07) is 0. The third-order valence-corrected chi connectivity index (χ3v) is 1.51. The zero-order valence-electron chi connectivity index (χ0n) is 7.65. The molecule has 0 fully saturated rings. The van der Waals surface area contributed by atoms with Crippen LogP contribution in [-0.4, -0.2) is 19.6 Å². The molecule has 0 saturated carbocycles. The Morgan fingerprint density at radius 3 is 2.67 bits per heavy atom. The van der Waals surface area contributed by atoms with Gasteiger partial charge in [0.1, 0.15) is 0 Å². The van der Waals surface area contributed by atoms with Gasteiger partial charge < -0.3 is 4.74 Å². The Hall–Kier alpha value is -0.440. The second kappa shape index (κ2) is 7.22. The highest BCUT2D eigenvalue weighted by Crippen LogP contribution is 2.06. The molecule has 3 heteroatoms. The lowest BCUT2D eigenvalue weighted by Crippen LogP contribution is -1.97. The average molecular weight is 178 g/mol. The van der Waals surface area contributed by atoms with Gasteiger partial charge in [0, 0.05) is 6.61 Å². The maximum absolute atomic E-state index is 11.9. The van der Waals surface area contributed by atoms with E-state index in [-0.39, 0.29) is 5.57 Å². The number of halogens is 2. The fourth-order valence-electron chi connectivity index (χ4n) is 0.609. The summed E-state index contributed by atoms with van der Waals surface area (Å²) in [6.45, 7) is 4.43. The second-order valence-electron chi connectivity index (χ2n) is 2.68. The molecule has 0 aromatic rings. The highest BCUT2D eigenvalue weighted by Gasteiger charge is 2.02. The molecule has 0 saturated heterocycles. The van der Waals surface area contributed by atoms with Crippen molar-refractivity contribution in [2.45, 2.75) is 33.1 Å². The van der Waals surface area contributed by atoms with Crippen molar-refractivity contribution in [2.24, 2.45) is 0 Å². The van der Waals surface area contributed by atoms with Gasteiger partial charge in [-0.15, -0.1) is 0 Å². The maximum atomic E-state index is 11.9. The fraction of sp³-hybridized carbons (Fsp3) is 0.778. The molecule has 0 heterocycles. The van der Waals surface area contributed by atoms with Crippen LogP contribution < -0.4 is 0 Å². The third kappa shape index (κ3) is 6.28. The first-order chi connectivity index (χ1) is 5.68. The summed E-state index contributed by atoms with van der Waals surface area (Å²) in [6.07, 6.45) is 1.14. The van der Waals surface area contributed by atoms with Crippen LogP contribution in [0.4, 0.5) is 8.78 Å². The highest BCUT2D eigenvalue weighted by molar-refractivity contribution is 5.00. The predicted octanol–water partition coefficient (Wildman–Crippen LogP) is 3.01. The summed E-state index contributed by atoms with van der Waals surface area (Å²) in [7, 11) is 0. The summed E-state index contributed by atoms with van der Waals surface area (Å²) in [4.78, 5) is 0. The summed E-state index contributed by atoms with van der Waals surface area (Å²) in [5.74, 6) is 0. The third-order valence-electron chi connectivity index (χ3n) is 1.51. The Labute approximate surface area is 72.4 Å². The molecular weight excluding hydrogens is 162 g/mol. The van der Waals surface area contributed by atoms with E-state index in [1.54, 1.807) is 0 Å². The molecule has 0 rings (SSSR count). The Balaban J connectivity index is 3.34. The van der Waals surface area contributed by atoms with Crippen LogP contribution >= 0.6 is 0 Å². The molecule has 0 amide bonds. The zero-order valence-corrected chi connectivity index (χ0v) is 7.65. The van der Waals surface area contributed by atoms with Gasteiger partial charge in [0.15, 0.2) is 0 Å². The Bertz CT molecular complexity index is 132. The number of rotatable bonds is 6. The van der Waals surface area contributed by atoms with Crippen LogP contribution in [0.2, 0.25) is 0 Å². The molecule has 0 aliphatic rings. The first kappa shape index (κ1) is 11.6. The molecule has 0 N–H and O–H groups in total. The van der Waals surface area contributed by atoms with Crippen molar-refractivity contribution in [3.05, 3.63) is 11.6 Å². The number of ether oxygens (including phenoxy) is 1. The van der Waals surface area contributed by atoms with Crippen molar-refractivity contribution in [3.8, 4) is 0 Å². The quantitative estimate of drug-likeness (QED) is 0.448. The number of hydrogen-bond donors (Lipinski definition) is 0. The minimum Gasteiger partial charge on any atom is -0.377 e. The van der Waals surface area contributed by atoms with E-state index >= 15 is 0 Å². The molecule has 0 bridgehead atoms. The maximum Gasteiger partial charge on any atom is 0.259 e. The number of hydrogen-bond acceptors (Lipinski definition) is 1. The van der Waals surface area contributed by atoms with Crippen LogP contribution in [0.1, 0.15) is 26.7 Å². The normalized spacial score (nSPS) is 12.6. The van der Waals surface area contributed by atoms with Crippen LogP contribution in [-0.2, 0) is 4.74 Å². The topological polar surface area (TPSA) is 9.23 Å². The monoisotopic (exact) mass is 178 g/mol. The van der Waals surface area contributed by atoms with Gasteiger partial charge in [-0.25, -0.2) is 8.78 Å². The molecule has 0 aromatic carbocycles. The van der Waals surface area contributed by atoms with Gasteiger partial charge in [0.25, 0.3) is 6.43 Å². The molecule has 0 radical (unpaired) electrons. The second-order valence-corrected chi connectivity index (χ2v) is 2.68. The lowest BCUT2D eigenvalue weighted by atomic mass is 10.3. The highest BCUT2D eigenvalue weighted by atomic mass is 19.3. The van der Waals surface area contributed by atoms with Gasteiger partial charge in [-0.2, -0.15) is 0 Å². The standard InChI is InChI=1S/C9H16F2O/c1-3-4-6-12-7-5-8(2)9(10)11/h5,9H,3-4,6-7H2,1-2H3. The van der Waals surface area contributed by atoms with Crippen molar-refractivity contribution >= 4 is 0 Å². The fourth-order valence-corrected chi connectivity index (χ4v) is 0.609. The Morgan fingerprint density at radius 2 is 2.17 bits per heavy atom. The van der Waals surface area contributed by atoms with Crippen molar-refractivity contribution in [1.29, 1.82) is 0 Å². The summed E-state index contributed by atoms with van der Waals surface area (Å²) < 4.78 is 28.8. The lowest BCUT2D eigenvalue weighted by molar-refractivity contribution is 0.153. The summed E-state index contributed by atoms with van der Waals surface area (Å²) >= 11 is 0. The largest absolute Gasteiger partial charge is 0.377 e. The molecule has 0 spiro atoms. The van der Waals surface area contributed by atoms with E-state index in [4.69, 9.17) is 4.74 Å². The van der Waals surface area contributed by atoms with E-state index in [0.717, 1.165) is 12.8 Å². The lowest BCUT2D eigenvalue weighted by Gasteiger charge is -2.00. The molecule has 0 atom stereocenters. The van der Waals surface area contributed by atoms with Crippen molar-refractivity contribution in [2.75, 3.05) is 13.2 Å². The number of unbranched alkanes of at least 4 members (excludes halogenated alkanes) is 1. The van der Waals surface area contributed by atoms with E-state index in [1.165, 1.54) is 13.0 Å². The smallest absolute Gasteiger partial charge is 0.259 e. The summed E-state index contributed by atoms with van der Waals surface area (Å²) in [5.41, 5.74) is 0.0894. The van der Waals surface area contributed by atoms with E-state index in [0.29, 0.717) is 13.2 Å². The van der Waals surface area contributed by atoms with E-state index in [9.17, 15) is 8.78 Å². The van der Waals surface area contributed by atoms with Crippen LogP contribution in [0, 0.1) is 0 Å². The SMILES string of the molecule is CCCCOCC=C(C)C(F)F. The zero-order chi connectivity index (χ0) is 9.40. The van der Waals surface area contributed by atoms with Crippen LogP contribution in [0.15, 0.2) is 11.6 Å². The minimum absolute atomic E-state index is 0.0894. The Morgan fingerprint density at radius 1 is 1.50 bits per heavy atom. The molecule has 0 aliphatic carbocycles. The van der Waals surface area contributed by atoms with Crippen molar-refractivity contribution in [1.82, 2.24) is 0 Å². The minimum atomic E-state index is -2.35. The number of allylic oxidation sites excluding steroid dienone is 1. The van der Waals surface area contributed by atoms with Crippen molar-refractivity contribution in [3.63, 3.8) is 0 Å². The van der Waals surface area contributed by atoms with E-state index in [1.807, 2.05) is 0 Å². The number of alkyl halides is 2. The van der Waals surface area contributed by atoms with Gasteiger partial charge in [-0.1, -0.05) is 19.4 Å². The van der Waals surface area contributed by atoms with Gasteiger partial charge in [0.05, 0.1) is 6.61 Å². The Kier molecular flexibility index (Phi) is 6.96. The van der Waals surface area contributed by atoms with Gasteiger partial charge in [-0.05, 0) is 18.9 Å². The molecule has 1 nitrogen and oxygen atoms in total. The van der Waals surface area contributed by atoms with Crippen LogP contribution in [0.5, 0.6) is 0 Å². The van der Waals surface area contributed by atoms with E-state index in [2.05, 4.69) is 6.92 Å². The molecule has 12 heavy (non-hydrogen) atoms. The molecule has 0 aromatic heterocycles. The predicted molar refractivity (Wildman–Crippen MR) is 45.5 cm³/mol. The van der Waals surface area contributed by atoms with Crippen molar-refractivity contribution < 1.29 is 13.5 Å². The molecule has 72 valence electrons. The first-order valence-corrected chi connectivity index (χ1v) is 4.21. The molecule has 0 unspecified atom stereocenters. The van der Waals surface area contributed by atoms with Crippen LogP contribution in [0.3, 0.4) is 0 Å². The van der Waals surface area contributed by atoms with E-state index < -0.39 is 6.43 Å². The van der Waals surface area contributed by atoms with Crippen LogP contribution in [0.25, 0.3) is 0 Å². The first-order valence-electron chi connectivity index (χ1n) is 4.21. The molecule has 0 aliphatic heterocycles. The average Bonchev–Trinajstić information content (AvgIpc) is 2.03. The summed E-state index contributed by atoms with van der Waals surface area (Å²) in [5, 5.41) is 0. The van der Waals surface area contributed by atoms with Gasteiger partial charge >= 0.3 is 0 Å². The van der Waals surface area contributed by atoms with Gasteiger partial charge in [0.2, 0.25) is 0 Å². The van der Waals surface area contributed by atoms with Gasteiger partial charge in [-0.3, -0.25) is 0 Å².